The summed E-state index contributed by atoms with van der Waals surface area (Å²) in [5.41, 5.74) is 1.43. The molecule has 2 rings (SSSR count). The Bertz CT molecular complexity index is 524. The van der Waals surface area contributed by atoms with Crippen molar-refractivity contribution in [1.29, 1.82) is 0 Å². The second kappa shape index (κ2) is 6.99. The number of amides is 1. The van der Waals surface area contributed by atoms with Gasteiger partial charge in [0.15, 0.2) is 0 Å². The third-order valence-electron chi connectivity index (χ3n) is 2.71. The van der Waals surface area contributed by atoms with E-state index in [2.05, 4.69) is 22.2 Å². The van der Waals surface area contributed by atoms with Gasteiger partial charge in [-0.15, -0.1) is 11.3 Å². The highest BCUT2D eigenvalue weighted by Gasteiger charge is 2.11. The first kappa shape index (κ1) is 13.7. The van der Waals surface area contributed by atoms with Crippen LogP contribution in [0.5, 0.6) is 0 Å². The SMILES string of the molecule is CCCCCNC(=O)c1csc(-c2cccnc2)n1. The van der Waals surface area contributed by atoms with Crippen LogP contribution in [0, 0.1) is 0 Å². The average Bonchev–Trinajstić information content (AvgIpc) is 2.94. The highest BCUT2D eigenvalue weighted by atomic mass is 32.1. The molecular formula is C14H17N3OS. The van der Waals surface area contributed by atoms with Crippen LogP contribution in [0.15, 0.2) is 29.9 Å². The molecule has 100 valence electrons. The molecule has 0 saturated heterocycles. The minimum atomic E-state index is -0.0949. The minimum Gasteiger partial charge on any atom is -0.351 e. The Labute approximate surface area is 116 Å². The molecule has 0 saturated carbocycles. The predicted molar refractivity (Wildman–Crippen MR) is 77.2 cm³/mol. The molecule has 5 heteroatoms. The summed E-state index contributed by atoms with van der Waals surface area (Å²) in [4.78, 5) is 20.3. The number of nitrogens with one attached hydrogen (secondary N) is 1. The second-order valence-corrected chi connectivity index (χ2v) is 5.10. The molecule has 2 aromatic heterocycles. The van der Waals surface area contributed by atoms with Crippen LogP contribution in [0.25, 0.3) is 10.6 Å². The molecule has 0 aliphatic rings. The molecule has 0 aromatic carbocycles. The van der Waals surface area contributed by atoms with Crippen molar-refractivity contribution in [3.8, 4) is 10.6 Å². The molecule has 19 heavy (non-hydrogen) atoms. The molecule has 0 spiro atoms. The van der Waals surface area contributed by atoms with Gasteiger partial charge in [-0.2, -0.15) is 0 Å². The number of aromatic nitrogens is 2. The maximum absolute atomic E-state index is 11.9. The first-order valence-electron chi connectivity index (χ1n) is 6.45. The molecule has 0 atom stereocenters. The van der Waals surface area contributed by atoms with Gasteiger partial charge in [-0.3, -0.25) is 9.78 Å². The molecule has 1 amide bonds. The van der Waals surface area contributed by atoms with Crippen molar-refractivity contribution in [1.82, 2.24) is 15.3 Å². The Morgan fingerprint density at radius 2 is 2.32 bits per heavy atom. The Morgan fingerprint density at radius 1 is 1.42 bits per heavy atom. The summed E-state index contributed by atoms with van der Waals surface area (Å²) in [7, 11) is 0. The van der Waals surface area contributed by atoms with Crippen LogP contribution in [-0.2, 0) is 0 Å². The van der Waals surface area contributed by atoms with Gasteiger partial charge in [-0.25, -0.2) is 4.98 Å². The third kappa shape index (κ3) is 3.86. The fourth-order valence-corrected chi connectivity index (χ4v) is 2.46. The maximum Gasteiger partial charge on any atom is 0.270 e. The Balaban J connectivity index is 1.95. The van der Waals surface area contributed by atoms with E-state index < -0.39 is 0 Å². The summed E-state index contributed by atoms with van der Waals surface area (Å²) in [6, 6.07) is 3.80. The van der Waals surface area contributed by atoms with Gasteiger partial charge < -0.3 is 5.32 Å². The number of nitrogens with zero attached hydrogens (tertiary/aromatic N) is 2. The second-order valence-electron chi connectivity index (χ2n) is 4.24. The number of thiazole rings is 1. The minimum absolute atomic E-state index is 0.0949. The normalized spacial score (nSPS) is 10.4. The van der Waals surface area contributed by atoms with Crippen molar-refractivity contribution < 1.29 is 4.79 Å². The molecule has 0 fully saturated rings. The van der Waals surface area contributed by atoms with Crippen molar-refractivity contribution >= 4 is 17.2 Å². The van der Waals surface area contributed by atoms with Crippen LogP contribution in [0.1, 0.15) is 36.7 Å². The maximum atomic E-state index is 11.9. The molecule has 2 heterocycles. The first-order chi connectivity index (χ1) is 9.31. The lowest BCUT2D eigenvalue weighted by Gasteiger charge is -2.01. The van der Waals surface area contributed by atoms with E-state index in [1.165, 1.54) is 11.3 Å². The molecule has 1 N–H and O–H groups in total. The van der Waals surface area contributed by atoms with Gasteiger partial charge in [-0.1, -0.05) is 19.8 Å². The molecular weight excluding hydrogens is 258 g/mol. The van der Waals surface area contributed by atoms with Crippen LogP contribution < -0.4 is 5.32 Å². The van der Waals surface area contributed by atoms with Crippen molar-refractivity contribution in [3.05, 3.63) is 35.6 Å². The topological polar surface area (TPSA) is 54.9 Å². The van der Waals surface area contributed by atoms with Gasteiger partial charge in [-0.05, 0) is 18.6 Å². The van der Waals surface area contributed by atoms with Crippen LogP contribution in [0.3, 0.4) is 0 Å². The molecule has 2 aromatic rings. The monoisotopic (exact) mass is 275 g/mol. The summed E-state index contributed by atoms with van der Waals surface area (Å²) in [6.07, 6.45) is 6.78. The van der Waals surface area contributed by atoms with E-state index in [-0.39, 0.29) is 5.91 Å². The lowest BCUT2D eigenvalue weighted by molar-refractivity contribution is 0.0949. The number of hydrogen-bond donors (Lipinski definition) is 1. The van der Waals surface area contributed by atoms with Gasteiger partial charge in [0, 0.05) is 29.9 Å². The number of carbonyl (C=O) groups is 1. The van der Waals surface area contributed by atoms with E-state index in [4.69, 9.17) is 0 Å². The van der Waals surface area contributed by atoms with E-state index >= 15 is 0 Å². The smallest absolute Gasteiger partial charge is 0.270 e. The number of carbonyl (C=O) groups excluding carboxylic acids is 1. The quantitative estimate of drug-likeness (QED) is 0.824. The summed E-state index contributed by atoms with van der Waals surface area (Å²) in [5, 5.41) is 5.50. The summed E-state index contributed by atoms with van der Waals surface area (Å²) < 4.78 is 0. The van der Waals surface area contributed by atoms with E-state index in [1.807, 2.05) is 12.1 Å². The Kier molecular flexibility index (Phi) is 5.03. The molecule has 0 aliphatic carbocycles. The van der Waals surface area contributed by atoms with E-state index in [0.29, 0.717) is 12.2 Å². The zero-order valence-corrected chi connectivity index (χ0v) is 11.7. The fourth-order valence-electron chi connectivity index (χ4n) is 1.67. The highest BCUT2D eigenvalue weighted by Crippen LogP contribution is 2.22. The van der Waals surface area contributed by atoms with Crippen molar-refractivity contribution in [3.63, 3.8) is 0 Å². The highest BCUT2D eigenvalue weighted by molar-refractivity contribution is 7.13. The number of pyridine rings is 1. The van der Waals surface area contributed by atoms with Crippen LogP contribution >= 0.6 is 11.3 Å². The Morgan fingerprint density at radius 3 is 3.05 bits per heavy atom. The van der Waals surface area contributed by atoms with Gasteiger partial charge >= 0.3 is 0 Å². The lowest BCUT2D eigenvalue weighted by Crippen LogP contribution is -2.24. The van der Waals surface area contributed by atoms with E-state index in [0.717, 1.165) is 29.8 Å². The zero-order chi connectivity index (χ0) is 13.5. The van der Waals surface area contributed by atoms with Crippen molar-refractivity contribution in [2.75, 3.05) is 6.54 Å². The predicted octanol–water partition coefficient (Wildman–Crippen LogP) is 3.13. The van der Waals surface area contributed by atoms with Crippen molar-refractivity contribution in [2.24, 2.45) is 0 Å². The molecule has 0 bridgehead atoms. The molecule has 0 aliphatic heterocycles. The Hall–Kier alpha value is -1.75. The number of hydrogen-bond acceptors (Lipinski definition) is 4. The van der Waals surface area contributed by atoms with Crippen molar-refractivity contribution in [2.45, 2.75) is 26.2 Å². The zero-order valence-electron chi connectivity index (χ0n) is 10.9. The molecule has 0 unspecified atom stereocenters. The fraction of sp³-hybridized carbons (Fsp3) is 0.357. The number of rotatable bonds is 6. The summed E-state index contributed by atoms with van der Waals surface area (Å²) in [6.45, 7) is 2.86. The average molecular weight is 275 g/mol. The summed E-state index contributed by atoms with van der Waals surface area (Å²) in [5.74, 6) is -0.0949. The summed E-state index contributed by atoms with van der Waals surface area (Å²) >= 11 is 1.46. The molecule has 4 nitrogen and oxygen atoms in total. The standard InChI is InChI=1S/C14H17N3OS/c1-2-3-4-8-16-13(18)12-10-19-14(17-12)11-6-5-7-15-9-11/h5-7,9-10H,2-4,8H2,1H3,(H,16,18). The van der Waals surface area contributed by atoms with E-state index in [1.54, 1.807) is 17.8 Å². The number of unbranched alkanes of at least 4 members (excludes halogenated alkanes) is 2. The largest absolute Gasteiger partial charge is 0.351 e. The van der Waals surface area contributed by atoms with Gasteiger partial charge in [0.1, 0.15) is 10.7 Å². The van der Waals surface area contributed by atoms with Crippen LogP contribution in [-0.4, -0.2) is 22.4 Å². The van der Waals surface area contributed by atoms with E-state index in [9.17, 15) is 4.79 Å². The lowest BCUT2D eigenvalue weighted by atomic mass is 10.2. The molecule has 0 radical (unpaired) electrons. The van der Waals surface area contributed by atoms with Gasteiger partial charge in [0.2, 0.25) is 0 Å². The first-order valence-corrected chi connectivity index (χ1v) is 7.33. The van der Waals surface area contributed by atoms with Gasteiger partial charge in [0.25, 0.3) is 5.91 Å². The van der Waals surface area contributed by atoms with Gasteiger partial charge in [0.05, 0.1) is 0 Å². The van der Waals surface area contributed by atoms with Crippen LogP contribution in [0.2, 0.25) is 0 Å². The third-order valence-corrected chi connectivity index (χ3v) is 3.60. The van der Waals surface area contributed by atoms with Crippen LogP contribution in [0.4, 0.5) is 0 Å².